The first-order chi connectivity index (χ1) is 13.4. The van der Waals surface area contributed by atoms with Crippen LogP contribution in [0.5, 0.6) is 5.75 Å². The number of carbonyl (C=O) groups is 1. The molecule has 0 saturated heterocycles. The molecule has 0 radical (unpaired) electrons. The summed E-state index contributed by atoms with van der Waals surface area (Å²) in [4.78, 5) is 12.0. The van der Waals surface area contributed by atoms with Crippen molar-refractivity contribution >= 4 is 11.6 Å². The average Bonchev–Trinajstić information content (AvgIpc) is 3.29. The molecule has 0 aliphatic heterocycles. The molecule has 4 rings (SSSR count). The Morgan fingerprint density at radius 1 is 1.14 bits per heavy atom. The maximum atomic E-state index is 12.9. The van der Waals surface area contributed by atoms with Gasteiger partial charge >= 0.3 is 6.18 Å². The van der Waals surface area contributed by atoms with Crippen LogP contribution in [0.2, 0.25) is 0 Å². The van der Waals surface area contributed by atoms with Crippen LogP contribution in [0.3, 0.4) is 0 Å². The molecule has 1 aliphatic carbocycles. The number of amides is 1. The molecule has 1 amide bonds. The zero-order chi connectivity index (χ0) is 19.7. The van der Waals surface area contributed by atoms with Crippen LogP contribution < -0.4 is 10.1 Å². The van der Waals surface area contributed by atoms with E-state index in [0.29, 0.717) is 5.75 Å². The lowest BCUT2D eigenvalue weighted by molar-refractivity contribution is -0.137. The van der Waals surface area contributed by atoms with Crippen LogP contribution in [-0.2, 0) is 30.4 Å². The smallest absolute Gasteiger partial charge is 0.417 e. The predicted molar refractivity (Wildman–Crippen MR) is 93.8 cm³/mol. The maximum Gasteiger partial charge on any atom is 0.417 e. The topological polar surface area (TPSA) is 68.5 Å². The van der Waals surface area contributed by atoms with Crippen LogP contribution in [0.1, 0.15) is 28.9 Å². The molecular weight excluding hydrogens is 373 g/mol. The Morgan fingerprint density at radius 3 is 2.79 bits per heavy atom. The summed E-state index contributed by atoms with van der Waals surface area (Å²) in [7, 11) is 0. The normalized spacial score (nSPS) is 13.5. The largest absolute Gasteiger partial charge is 0.484 e. The second-order valence-corrected chi connectivity index (χ2v) is 6.61. The van der Waals surface area contributed by atoms with Crippen molar-refractivity contribution in [3.8, 4) is 5.75 Å². The van der Waals surface area contributed by atoms with Gasteiger partial charge in [0.1, 0.15) is 5.75 Å². The third-order valence-electron chi connectivity index (χ3n) is 4.68. The molecule has 2 aromatic heterocycles. The third-order valence-corrected chi connectivity index (χ3v) is 4.68. The van der Waals surface area contributed by atoms with E-state index in [9.17, 15) is 18.0 Å². The molecule has 0 saturated carbocycles. The number of fused-ring (bicyclic) bond motifs is 2. The van der Waals surface area contributed by atoms with E-state index in [4.69, 9.17) is 4.74 Å². The summed E-state index contributed by atoms with van der Waals surface area (Å²) >= 11 is 0. The fourth-order valence-electron chi connectivity index (χ4n) is 3.24. The third kappa shape index (κ3) is 3.78. The minimum Gasteiger partial charge on any atom is -0.484 e. The van der Waals surface area contributed by atoms with E-state index in [2.05, 4.69) is 15.5 Å². The molecule has 146 valence electrons. The molecule has 6 nitrogen and oxygen atoms in total. The van der Waals surface area contributed by atoms with Gasteiger partial charge in [-0.25, -0.2) is 0 Å². The van der Waals surface area contributed by atoms with E-state index in [0.717, 1.165) is 31.5 Å². The van der Waals surface area contributed by atoms with Crippen molar-refractivity contribution in [3.05, 3.63) is 59.0 Å². The van der Waals surface area contributed by atoms with E-state index in [1.807, 2.05) is 18.2 Å². The van der Waals surface area contributed by atoms with Crippen molar-refractivity contribution < 1.29 is 22.7 Å². The first-order valence-electron chi connectivity index (χ1n) is 8.82. The number of alkyl halides is 3. The van der Waals surface area contributed by atoms with Crippen LogP contribution in [0.4, 0.5) is 13.2 Å². The van der Waals surface area contributed by atoms with Gasteiger partial charge in [0.25, 0.3) is 5.91 Å². The molecule has 1 aromatic carbocycles. The van der Waals surface area contributed by atoms with Gasteiger partial charge in [-0.1, -0.05) is 6.07 Å². The predicted octanol–water partition coefficient (Wildman–Crippen LogP) is 2.93. The number of carbonyl (C=O) groups excluding carboxylic acids is 1. The van der Waals surface area contributed by atoms with Crippen molar-refractivity contribution in [1.29, 1.82) is 0 Å². The first kappa shape index (κ1) is 18.3. The molecule has 0 unspecified atom stereocenters. The number of aryl methyl sites for hydroxylation is 2. The minimum atomic E-state index is -4.47. The Labute approximate surface area is 158 Å². The van der Waals surface area contributed by atoms with E-state index in [-0.39, 0.29) is 24.6 Å². The molecule has 1 aliphatic rings. The molecule has 1 N–H and O–H groups in total. The van der Waals surface area contributed by atoms with Crippen molar-refractivity contribution in [3.63, 3.8) is 0 Å². The van der Waals surface area contributed by atoms with Gasteiger partial charge < -0.3 is 10.1 Å². The van der Waals surface area contributed by atoms with Crippen molar-refractivity contribution in [1.82, 2.24) is 19.9 Å². The number of hydrogen-bond donors (Lipinski definition) is 1. The van der Waals surface area contributed by atoms with Gasteiger partial charge in [0.05, 0.1) is 12.1 Å². The maximum absolute atomic E-state index is 12.9. The number of nitrogens with one attached hydrogen (secondary N) is 1. The number of pyridine rings is 1. The second kappa shape index (κ2) is 7.14. The number of ether oxygens (including phenoxy) is 1. The number of rotatable bonds is 5. The molecule has 3 aromatic rings. The SMILES string of the molecule is O=C(COc1ccc2c(c1)CCC2)NCc1nnc2ccc(C(F)(F)F)cn12. The minimum absolute atomic E-state index is 0.0607. The van der Waals surface area contributed by atoms with Crippen LogP contribution in [-0.4, -0.2) is 27.1 Å². The van der Waals surface area contributed by atoms with Crippen molar-refractivity contribution in [2.75, 3.05) is 6.61 Å². The highest BCUT2D eigenvalue weighted by molar-refractivity contribution is 5.77. The van der Waals surface area contributed by atoms with Gasteiger partial charge in [-0.2, -0.15) is 13.2 Å². The Kier molecular flexibility index (Phi) is 4.66. The molecule has 0 spiro atoms. The number of benzene rings is 1. The lowest BCUT2D eigenvalue weighted by Gasteiger charge is -2.09. The summed E-state index contributed by atoms with van der Waals surface area (Å²) in [6.07, 6.45) is -0.348. The van der Waals surface area contributed by atoms with Crippen molar-refractivity contribution in [2.45, 2.75) is 32.0 Å². The first-order valence-corrected chi connectivity index (χ1v) is 8.82. The van der Waals surface area contributed by atoms with E-state index < -0.39 is 17.6 Å². The van der Waals surface area contributed by atoms with Crippen LogP contribution in [0.25, 0.3) is 5.65 Å². The van der Waals surface area contributed by atoms with E-state index in [1.165, 1.54) is 21.6 Å². The fraction of sp³-hybridized carbons (Fsp3) is 0.316. The lowest BCUT2D eigenvalue weighted by Crippen LogP contribution is -2.29. The highest BCUT2D eigenvalue weighted by Gasteiger charge is 2.31. The van der Waals surface area contributed by atoms with Crippen LogP contribution in [0.15, 0.2) is 36.5 Å². The summed E-state index contributed by atoms with van der Waals surface area (Å²) in [5.41, 5.74) is 2.01. The summed E-state index contributed by atoms with van der Waals surface area (Å²) in [5, 5.41) is 10.2. The zero-order valence-corrected chi connectivity index (χ0v) is 14.8. The Hall–Kier alpha value is -3.10. The standard InChI is InChI=1S/C19H17F3N4O2/c20-19(21,22)14-5-7-16-24-25-17(26(16)10-14)9-23-18(27)11-28-15-6-4-12-2-1-3-13(12)8-15/h4-8,10H,1-3,9,11H2,(H,23,27). The summed E-state index contributed by atoms with van der Waals surface area (Å²) in [6.45, 7) is -0.252. The van der Waals surface area contributed by atoms with E-state index >= 15 is 0 Å². The lowest BCUT2D eigenvalue weighted by atomic mass is 10.1. The molecule has 0 bridgehead atoms. The highest BCUT2D eigenvalue weighted by Crippen LogP contribution is 2.29. The van der Waals surface area contributed by atoms with Gasteiger partial charge in [0.2, 0.25) is 0 Å². The summed E-state index contributed by atoms with van der Waals surface area (Å²) < 4.78 is 45.3. The highest BCUT2D eigenvalue weighted by atomic mass is 19.4. The van der Waals surface area contributed by atoms with Gasteiger partial charge in [0, 0.05) is 6.20 Å². The van der Waals surface area contributed by atoms with Crippen molar-refractivity contribution in [2.24, 2.45) is 0 Å². The quantitative estimate of drug-likeness (QED) is 0.727. The molecule has 0 fully saturated rings. The second-order valence-electron chi connectivity index (χ2n) is 6.61. The summed E-state index contributed by atoms with van der Waals surface area (Å²) in [6, 6.07) is 7.97. The number of nitrogens with zero attached hydrogens (tertiary/aromatic N) is 3. The molecule has 9 heteroatoms. The van der Waals surface area contributed by atoms with Crippen LogP contribution >= 0.6 is 0 Å². The average molecular weight is 390 g/mol. The fourth-order valence-corrected chi connectivity index (χ4v) is 3.24. The number of halogens is 3. The van der Waals surface area contributed by atoms with Gasteiger partial charge in [-0.3, -0.25) is 9.20 Å². The van der Waals surface area contributed by atoms with Gasteiger partial charge in [-0.15, -0.1) is 10.2 Å². The van der Waals surface area contributed by atoms with Gasteiger partial charge in [-0.05, 0) is 54.7 Å². The molecular formula is C19H17F3N4O2. The Bertz CT molecular complexity index is 1030. The van der Waals surface area contributed by atoms with Gasteiger partial charge in [0.15, 0.2) is 18.1 Å². The Morgan fingerprint density at radius 2 is 1.96 bits per heavy atom. The van der Waals surface area contributed by atoms with Crippen LogP contribution in [0, 0.1) is 0 Å². The van der Waals surface area contributed by atoms with E-state index in [1.54, 1.807) is 0 Å². The number of aromatic nitrogens is 3. The molecule has 28 heavy (non-hydrogen) atoms. The summed E-state index contributed by atoms with van der Waals surface area (Å²) in [5.74, 6) is 0.426. The Balaban J connectivity index is 1.37. The molecule has 0 atom stereocenters. The monoisotopic (exact) mass is 390 g/mol. The number of hydrogen-bond acceptors (Lipinski definition) is 4. The molecule has 2 heterocycles. The zero-order valence-electron chi connectivity index (χ0n) is 14.8.